The first-order valence-electron chi connectivity index (χ1n) is 8.25. The second kappa shape index (κ2) is 7.79. The molecule has 0 aliphatic carbocycles. The van der Waals surface area contributed by atoms with E-state index in [9.17, 15) is 10.1 Å². The Morgan fingerprint density at radius 2 is 1.72 bits per heavy atom. The molecule has 1 N–H and O–H groups in total. The number of aromatic amines is 1. The summed E-state index contributed by atoms with van der Waals surface area (Å²) in [7, 11) is 0. The predicted molar refractivity (Wildman–Crippen MR) is 99.4 cm³/mol. The van der Waals surface area contributed by atoms with Gasteiger partial charge in [-0.1, -0.05) is 20.3 Å². The minimum atomic E-state index is -0.398. The standard InChI is InChI=1S/C16H15N3O3.C3H8/c1-9-6-12(19(20)21)7-10(2)16(9)22-13-4-5-15-14(8-13)11(3)17-18-15;1-3-2/h4-8H,1-3H3,(H,17,18);3H2,1-2H3. The zero-order chi connectivity index (χ0) is 18.6. The van der Waals surface area contributed by atoms with Crippen molar-refractivity contribution in [1.82, 2.24) is 10.2 Å². The molecule has 2 aromatic carbocycles. The zero-order valence-corrected chi connectivity index (χ0v) is 15.2. The highest BCUT2D eigenvalue weighted by molar-refractivity contribution is 5.82. The summed E-state index contributed by atoms with van der Waals surface area (Å²) in [6.07, 6.45) is 1.25. The molecule has 3 rings (SSSR count). The Labute approximate surface area is 147 Å². The van der Waals surface area contributed by atoms with Crippen molar-refractivity contribution in [2.24, 2.45) is 0 Å². The van der Waals surface area contributed by atoms with E-state index in [1.807, 2.05) is 25.1 Å². The lowest BCUT2D eigenvalue weighted by molar-refractivity contribution is -0.385. The molecule has 0 fully saturated rings. The molecule has 132 valence electrons. The number of benzene rings is 2. The molecule has 0 aliphatic heterocycles. The largest absolute Gasteiger partial charge is 0.457 e. The van der Waals surface area contributed by atoms with Crippen molar-refractivity contribution in [2.75, 3.05) is 0 Å². The first kappa shape index (κ1) is 18.4. The normalized spacial score (nSPS) is 10.3. The van der Waals surface area contributed by atoms with Gasteiger partial charge in [-0.2, -0.15) is 5.10 Å². The maximum Gasteiger partial charge on any atom is 0.270 e. The number of aromatic nitrogens is 2. The van der Waals surface area contributed by atoms with Crippen molar-refractivity contribution in [3.8, 4) is 11.5 Å². The second-order valence-electron chi connectivity index (χ2n) is 6.00. The van der Waals surface area contributed by atoms with Crippen LogP contribution in [0.25, 0.3) is 10.9 Å². The van der Waals surface area contributed by atoms with Crippen LogP contribution in [0, 0.1) is 30.9 Å². The van der Waals surface area contributed by atoms with Gasteiger partial charge in [-0.05, 0) is 50.1 Å². The maximum atomic E-state index is 10.9. The third-order valence-electron chi connectivity index (χ3n) is 3.59. The maximum absolute atomic E-state index is 10.9. The van der Waals surface area contributed by atoms with Gasteiger partial charge in [0.15, 0.2) is 0 Å². The number of aryl methyl sites for hydroxylation is 3. The molecule has 25 heavy (non-hydrogen) atoms. The lowest BCUT2D eigenvalue weighted by Crippen LogP contribution is -1.95. The quantitative estimate of drug-likeness (QED) is 0.496. The summed E-state index contributed by atoms with van der Waals surface area (Å²) >= 11 is 0. The van der Waals surface area contributed by atoms with Crippen molar-refractivity contribution in [1.29, 1.82) is 0 Å². The molecule has 6 nitrogen and oxygen atoms in total. The molecule has 0 radical (unpaired) electrons. The van der Waals surface area contributed by atoms with Crippen molar-refractivity contribution < 1.29 is 9.66 Å². The van der Waals surface area contributed by atoms with Crippen molar-refractivity contribution in [2.45, 2.75) is 41.0 Å². The van der Waals surface area contributed by atoms with Gasteiger partial charge in [-0.15, -0.1) is 0 Å². The minimum absolute atomic E-state index is 0.0727. The van der Waals surface area contributed by atoms with Gasteiger partial charge in [0.05, 0.1) is 10.4 Å². The number of hydrogen-bond acceptors (Lipinski definition) is 4. The van der Waals surface area contributed by atoms with Crippen LogP contribution in [-0.4, -0.2) is 15.1 Å². The van der Waals surface area contributed by atoms with Gasteiger partial charge < -0.3 is 4.74 Å². The first-order valence-corrected chi connectivity index (χ1v) is 8.25. The van der Waals surface area contributed by atoms with Gasteiger partial charge in [-0.25, -0.2) is 0 Å². The summed E-state index contributed by atoms with van der Waals surface area (Å²) in [5.41, 5.74) is 3.38. The van der Waals surface area contributed by atoms with Crippen LogP contribution in [0.2, 0.25) is 0 Å². The SMILES string of the molecule is CCC.Cc1cc([N+](=O)[O-])cc(C)c1Oc1ccc2n[nH]c(C)c2c1. The zero-order valence-electron chi connectivity index (χ0n) is 15.2. The molecule has 3 aromatic rings. The first-order chi connectivity index (χ1) is 11.9. The Kier molecular flexibility index (Phi) is 5.75. The predicted octanol–water partition coefficient (Wildman–Crippen LogP) is 5.60. The summed E-state index contributed by atoms with van der Waals surface area (Å²) < 4.78 is 5.94. The molecule has 1 aromatic heterocycles. The number of hydrogen-bond donors (Lipinski definition) is 1. The number of nitrogens with one attached hydrogen (secondary N) is 1. The van der Waals surface area contributed by atoms with E-state index in [1.54, 1.807) is 13.8 Å². The second-order valence-corrected chi connectivity index (χ2v) is 6.00. The van der Waals surface area contributed by atoms with Crippen LogP contribution in [0.1, 0.15) is 37.1 Å². The summed E-state index contributed by atoms with van der Waals surface area (Å²) in [5.74, 6) is 1.32. The molecule has 0 saturated carbocycles. The van der Waals surface area contributed by atoms with Gasteiger partial charge in [0.2, 0.25) is 0 Å². The summed E-state index contributed by atoms with van der Waals surface area (Å²) in [5, 5.41) is 19.0. The Morgan fingerprint density at radius 3 is 2.28 bits per heavy atom. The van der Waals surface area contributed by atoms with Crippen LogP contribution in [-0.2, 0) is 0 Å². The average Bonchev–Trinajstić information content (AvgIpc) is 2.92. The molecular weight excluding hydrogens is 318 g/mol. The Bertz CT molecular complexity index is 877. The number of H-pyrrole nitrogens is 1. The van der Waals surface area contributed by atoms with E-state index >= 15 is 0 Å². The van der Waals surface area contributed by atoms with Crippen molar-refractivity contribution in [3.63, 3.8) is 0 Å². The fourth-order valence-electron chi connectivity index (χ4n) is 2.49. The van der Waals surface area contributed by atoms with Gasteiger partial charge >= 0.3 is 0 Å². The summed E-state index contributed by atoms with van der Waals surface area (Å²) in [6.45, 7) is 9.80. The van der Waals surface area contributed by atoms with Crippen molar-refractivity contribution in [3.05, 3.63) is 57.3 Å². The molecule has 0 saturated heterocycles. The van der Waals surface area contributed by atoms with E-state index in [-0.39, 0.29) is 5.69 Å². The fraction of sp³-hybridized carbons (Fsp3) is 0.316. The van der Waals surface area contributed by atoms with E-state index < -0.39 is 4.92 Å². The van der Waals surface area contributed by atoms with E-state index in [0.29, 0.717) is 11.5 Å². The van der Waals surface area contributed by atoms with Crippen LogP contribution in [0.5, 0.6) is 11.5 Å². The number of ether oxygens (including phenoxy) is 1. The fourth-order valence-corrected chi connectivity index (χ4v) is 2.49. The Hall–Kier alpha value is -2.89. The lowest BCUT2D eigenvalue weighted by Gasteiger charge is -2.11. The third-order valence-corrected chi connectivity index (χ3v) is 3.59. The van der Waals surface area contributed by atoms with E-state index in [0.717, 1.165) is 27.7 Å². The van der Waals surface area contributed by atoms with Gasteiger partial charge in [0.25, 0.3) is 5.69 Å². The molecule has 0 atom stereocenters. The number of nitro benzene ring substituents is 1. The van der Waals surface area contributed by atoms with Gasteiger partial charge in [0, 0.05) is 23.2 Å². The molecule has 0 spiro atoms. The number of nitrogens with zero attached hydrogens (tertiary/aromatic N) is 2. The van der Waals surface area contributed by atoms with Crippen LogP contribution in [0.15, 0.2) is 30.3 Å². The Morgan fingerprint density at radius 1 is 1.12 bits per heavy atom. The number of fused-ring (bicyclic) bond motifs is 1. The molecule has 0 aliphatic rings. The van der Waals surface area contributed by atoms with Crippen LogP contribution >= 0.6 is 0 Å². The van der Waals surface area contributed by atoms with Crippen LogP contribution in [0.4, 0.5) is 5.69 Å². The number of rotatable bonds is 3. The average molecular weight is 341 g/mol. The highest BCUT2D eigenvalue weighted by atomic mass is 16.6. The van der Waals surface area contributed by atoms with Gasteiger partial charge in [-0.3, -0.25) is 15.2 Å². The molecule has 6 heteroatoms. The van der Waals surface area contributed by atoms with Crippen LogP contribution < -0.4 is 4.74 Å². The topological polar surface area (TPSA) is 81.1 Å². The van der Waals surface area contributed by atoms with E-state index in [4.69, 9.17) is 4.74 Å². The van der Waals surface area contributed by atoms with Crippen LogP contribution in [0.3, 0.4) is 0 Å². The van der Waals surface area contributed by atoms with E-state index in [1.165, 1.54) is 18.6 Å². The minimum Gasteiger partial charge on any atom is -0.457 e. The smallest absolute Gasteiger partial charge is 0.270 e. The summed E-state index contributed by atoms with van der Waals surface area (Å²) in [4.78, 5) is 10.5. The lowest BCUT2D eigenvalue weighted by atomic mass is 10.1. The Balaban J connectivity index is 0.000000701. The molecule has 0 bridgehead atoms. The molecule has 0 amide bonds. The van der Waals surface area contributed by atoms with E-state index in [2.05, 4.69) is 24.0 Å². The van der Waals surface area contributed by atoms with Crippen molar-refractivity contribution >= 4 is 16.6 Å². The molecule has 1 heterocycles. The number of nitro groups is 1. The molecular formula is C19H23N3O3. The van der Waals surface area contributed by atoms with Gasteiger partial charge in [0.1, 0.15) is 11.5 Å². The molecule has 0 unspecified atom stereocenters. The third kappa shape index (κ3) is 4.15. The highest BCUT2D eigenvalue weighted by Crippen LogP contribution is 2.33. The summed E-state index contributed by atoms with van der Waals surface area (Å²) in [6, 6.07) is 8.66. The number of non-ortho nitro benzene ring substituents is 1. The highest BCUT2D eigenvalue weighted by Gasteiger charge is 2.14. The monoisotopic (exact) mass is 341 g/mol.